The third-order valence-electron chi connectivity index (χ3n) is 3.72. The highest BCUT2D eigenvalue weighted by Crippen LogP contribution is 2.26. The number of pyridine rings is 1. The van der Waals surface area contributed by atoms with Crippen LogP contribution >= 0.6 is 0 Å². The lowest BCUT2D eigenvalue weighted by molar-refractivity contribution is 0.111. The van der Waals surface area contributed by atoms with Gasteiger partial charge >= 0.3 is 0 Å². The number of aromatic nitrogens is 1. The first-order valence-electron chi connectivity index (χ1n) is 7.39. The van der Waals surface area contributed by atoms with Crippen molar-refractivity contribution in [3.63, 3.8) is 0 Å². The highest BCUT2D eigenvalue weighted by molar-refractivity contribution is 5.93. The summed E-state index contributed by atoms with van der Waals surface area (Å²) in [5, 5.41) is 0.803. The van der Waals surface area contributed by atoms with E-state index in [0.29, 0.717) is 18.6 Å². The lowest BCUT2D eigenvalue weighted by atomic mass is 10.1. The number of aldehydes is 1. The molecular formula is C17H21NO3. The van der Waals surface area contributed by atoms with Gasteiger partial charge in [0.1, 0.15) is 11.3 Å². The summed E-state index contributed by atoms with van der Waals surface area (Å²) in [6.07, 6.45) is 4.92. The molecule has 0 amide bonds. The van der Waals surface area contributed by atoms with E-state index in [1.807, 2.05) is 24.3 Å². The van der Waals surface area contributed by atoms with E-state index in [4.69, 9.17) is 4.74 Å². The van der Waals surface area contributed by atoms with Crippen molar-refractivity contribution >= 4 is 17.2 Å². The lowest BCUT2D eigenvalue weighted by Crippen LogP contribution is -2.25. The van der Waals surface area contributed by atoms with Gasteiger partial charge < -0.3 is 9.30 Å². The number of fused-ring (bicyclic) bond motifs is 1. The number of aryl methyl sites for hydroxylation is 1. The van der Waals surface area contributed by atoms with Crippen LogP contribution in [0.1, 0.15) is 43.0 Å². The SMILES string of the molecule is CCCCCCn1c(=O)c(C=O)c(OC)c2ccccc21. The van der Waals surface area contributed by atoms with Crippen LogP contribution in [-0.2, 0) is 6.54 Å². The Hall–Kier alpha value is -2.10. The zero-order valence-corrected chi connectivity index (χ0v) is 12.6. The molecule has 0 N–H and O–H groups in total. The summed E-state index contributed by atoms with van der Waals surface area (Å²) < 4.78 is 6.98. The van der Waals surface area contributed by atoms with E-state index in [1.54, 1.807) is 4.57 Å². The minimum absolute atomic E-state index is 0.103. The third kappa shape index (κ3) is 2.99. The quantitative estimate of drug-likeness (QED) is 0.579. The average molecular weight is 287 g/mol. The van der Waals surface area contributed by atoms with Gasteiger partial charge in [-0.1, -0.05) is 38.3 Å². The van der Waals surface area contributed by atoms with Crippen molar-refractivity contribution in [2.24, 2.45) is 0 Å². The van der Waals surface area contributed by atoms with E-state index >= 15 is 0 Å². The average Bonchev–Trinajstić information content (AvgIpc) is 2.52. The summed E-state index contributed by atoms with van der Waals surface area (Å²) >= 11 is 0. The fourth-order valence-corrected chi connectivity index (χ4v) is 2.64. The normalized spacial score (nSPS) is 10.8. The van der Waals surface area contributed by atoms with Gasteiger partial charge in [0.05, 0.1) is 12.6 Å². The summed E-state index contributed by atoms with van der Waals surface area (Å²) in [7, 11) is 1.49. The molecule has 0 atom stereocenters. The topological polar surface area (TPSA) is 48.3 Å². The van der Waals surface area contributed by atoms with E-state index in [-0.39, 0.29) is 11.1 Å². The van der Waals surface area contributed by atoms with Gasteiger partial charge in [-0.15, -0.1) is 0 Å². The maximum absolute atomic E-state index is 12.5. The molecule has 21 heavy (non-hydrogen) atoms. The van der Waals surface area contributed by atoms with Gasteiger partial charge in [-0.2, -0.15) is 0 Å². The maximum atomic E-state index is 12.5. The zero-order chi connectivity index (χ0) is 15.2. The number of unbranched alkanes of at least 4 members (excludes halogenated alkanes) is 3. The number of para-hydroxylation sites is 1. The first-order valence-corrected chi connectivity index (χ1v) is 7.39. The Morgan fingerprint density at radius 2 is 1.95 bits per heavy atom. The molecule has 4 heteroatoms. The molecule has 0 aliphatic rings. The van der Waals surface area contributed by atoms with Crippen LogP contribution in [0.3, 0.4) is 0 Å². The molecule has 1 aromatic carbocycles. The van der Waals surface area contributed by atoms with Crippen LogP contribution in [0, 0.1) is 0 Å². The Labute approximate surface area is 124 Å². The minimum Gasteiger partial charge on any atom is -0.495 e. The summed E-state index contributed by atoms with van der Waals surface area (Å²) in [6, 6.07) is 7.55. The minimum atomic E-state index is -0.267. The van der Waals surface area contributed by atoms with Gasteiger partial charge in [0.25, 0.3) is 5.56 Å². The van der Waals surface area contributed by atoms with E-state index < -0.39 is 0 Å². The first kappa shape index (κ1) is 15.3. The van der Waals surface area contributed by atoms with Crippen LogP contribution in [-0.4, -0.2) is 18.0 Å². The molecule has 0 saturated carbocycles. The number of rotatable bonds is 7. The van der Waals surface area contributed by atoms with E-state index in [9.17, 15) is 9.59 Å². The van der Waals surface area contributed by atoms with Gasteiger partial charge in [0, 0.05) is 11.9 Å². The number of hydrogen-bond acceptors (Lipinski definition) is 3. The molecule has 0 aliphatic carbocycles. The van der Waals surface area contributed by atoms with E-state index in [1.165, 1.54) is 7.11 Å². The van der Waals surface area contributed by atoms with Crippen LogP contribution in [0.25, 0.3) is 10.9 Å². The molecule has 4 nitrogen and oxygen atoms in total. The van der Waals surface area contributed by atoms with Crippen LogP contribution in [0.2, 0.25) is 0 Å². The molecule has 2 rings (SSSR count). The second-order valence-corrected chi connectivity index (χ2v) is 5.10. The molecule has 0 saturated heterocycles. The summed E-state index contributed by atoms with van der Waals surface area (Å²) in [5.74, 6) is 0.371. The van der Waals surface area contributed by atoms with Crippen molar-refractivity contribution in [1.82, 2.24) is 4.57 Å². The largest absolute Gasteiger partial charge is 0.495 e. The predicted molar refractivity (Wildman–Crippen MR) is 84.3 cm³/mol. The number of nitrogens with zero attached hydrogens (tertiary/aromatic N) is 1. The fourth-order valence-electron chi connectivity index (χ4n) is 2.64. The van der Waals surface area contributed by atoms with Crippen LogP contribution < -0.4 is 10.3 Å². The standard InChI is InChI=1S/C17H21NO3/c1-3-4-5-8-11-18-15-10-7-6-9-13(15)16(21-2)14(12-19)17(18)20/h6-7,9-10,12H,3-5,8,11H2,1-2H3. The van der Waals surface area contributed by atoms with Crippen molar-refractivity contribution in [3.8, 4) is 5.75 Å². The Morgan fingerprint density at radius 3 is 2.62 bits per heavy atom. The first-order chi connectivity index (χ1) is 10.2. The number of carbonyl (C=O) groups excluding carboxylic acids is 1. The van der Waals surface area contributed by atoms with Crippen molar-refractivity contribution in [3.05, 3.63) is 40.2 Å². The molecule has 0 bridgehead atoms. The van der Waals surface area contributed by atoms with Crippen molar-refractivity contribution in [1.29, 1.82) is 0 Å². The second kappa shape index (κ2) is 7.07. The summed E-state index contributed by atoms with van der Waals surface area (Å²) in [5.41, 5.74) is 0.658. The molecule has 2 aromatic rings. The Kier molecular flexibility index (Phi) is 5.14. The summed E-state index contributed by atoms with van der Waals surface area (Å²) in [4.78, 5) is 23.8. The molecule has 0 unspecified atom stereocenters. The van der Waals surface area contributed by atoms with Crippen molar-refractivity contribution < 1.29 is 9.53 Å². The molecular weight excluding hydrogens is 266 g/mol. The second-order valence-electron chi connectivity index (χ2n) is 5.10. The van der Waals surface area contributed by atoms with Crippen LogP contribution in [0.5, 0.6) is 5.75 Å². The Balaban J connectivity index is 2.55. The molecule has 0 spiro atoms. The molecule has 1 heterocycles. The van der Waals surface area contributed by atoms with Gasteiger partial charge in [0.15, 0.2) is 6.29 Å². The van der Waals surface area contributed by atoms with Crippen molar-refractivity contribution in [2.75, 3.05) is 7.11 Å². The summed E-state index contributed by atoms with van der Waals surface area (Å²) in [6.45, 7) is 2.78. The van der Waals surface area contributed by atoms with E-state index in [2.05, 4.69) is 6.92 Å². The van der Waals surface area contributed by atoms with Gasteiger partial charge in [-0.3, -0.25) is 9.59 Å². The monoisotopic (exact) mass is 287 g/mol. The number of carbonyl (C=O) groups is 1. The molecule has 1 aromatic heterocycles. The maximum Gasteiger partial charge on any atom is 0.265 e. The number of benzene rings is 1. The number of hydrogen-bond donors (Lipinski definition) is 0. The van der Waals surface area contributed by atoms with Crippen LogP contribution in [0.15, 0.2) is 29.1 Å². The fraction of sp³-hybridized carbons (Fsp3) is 0.412. The number of ether oxygens (including phenoxy) is 1. The Bertz CT molecular complexity index is 688. The molecule has 0 radical (unpaired) electrons. The zero-order valence-electron chi connectivity index (χ0n) is 12.6. The molecule has 112 valence electrons. The smallest absolute Gasteiger partial charge is 0.265 e. The van der Waals surface area contributed by atoms with Crippen molar-refractivity contribution in [2.45, 2.75) is 39.2 Å². The lowest BCUT2D eigenvalue weighted by Gasteiger charge is -2.14. The highest BCUT2D eigenvalue weighted by atomic mass is 16.5. The third-order valence-corrected chi connectivity index (χ3v) is 3.72. The molecule has 0 aliphatic heterocycles. The molecule has 0 fully saturated rings. The van der Waals surface area contributed by atoms with E-state index in [0.717, 1.165) is 36.6 Å². The highest BCUT2D eigenvalue weighted by Gasteiger charge is 2.16. The van der Waals surface area contributed by atoms with Crippen LogP contribution in [0.4, 0.5) is 0 Å². The predicted octanol–water partition coefficient (Wildman–Crippen LogP) is 3.40. The van der Waals surface area contributed by atoms with Gasteiger partial charge in [-0.25, -0.2) is 0 Å². The Morgan fingerprint density at radius 1 is 1.19 bits per heavy atom. The van der Waals surface area contributed by atoms with Gasteiger partial charge in [-0.05, 0) is 18.6 Å². The van der Waals surface area contributed by atoms with Gasteiger partial charge in [0.2, 0.25) is 0 Å². The number of methoxy groups -OCH3 is 1.